The molecule has 0 aliphatic carbocycles. The van der Waals surface area contributed by atoms with Crippen LogP contribution in [0.1, 0.15) is 27.0 Å². The molecule has 0 saturated heterocycles. The molecule has 4 heteroatoms. The van der Waals surface area contributed by atoms with Crippen molar-refractivity contribution in [2.45, 2.75) is 6.42 Å². The molecule has 27 heavy (non-hydrogen) atoms. The van der Waals surface area contributed by atoms with Crippen molar-refractivity contribution in [2.75, 3.05) is 11.9 Å². The van der Waals surface area contributed by atoms with E-state index >= 15 is 0 Å². The minimum absolute atomic E-state index is 0.144. The Morgan fingerprint density at radius 3 is 2.67 bits per heavy atom. The van der Waals surface area contributed by atoms with Gasteiger partial charge in [-0.05, 0) is 53.9 Å². The molecule has 3 N–H and O–H groups in total. The van der Waals surface area contributed by atoms with Gasteiger partial charge in [0.25, 0.3) is 0 Å². The van der Waals surface area contributed by atoms with Crippen molar-refractivity contribution >= 4 is 11.7 Å². The number of phenols is 1. The van der Waals surface area contributed by atoms with Gasteiger partial charge in [-0.1, -0.05) is 36.1 Å². The third kappa shape index (κ3) is 3.36. The highest BCUT2D eigenvalue weighted by molar-refractivity contribution is 5.98. The Labute approximate surface area is 157 Å². The molecule has 132 valence electrons. The molecule has 3 aromatic carbocycles. The summed E-state index contributed by atoms with van der Waals surface area (Å²) in [6, 6.07) is 17.8. The van der Waals surface area contributed by atoms with Gasteiger partial charge in [-0.2, -0.15) is 0 Å². The van der Waals surface area contributed by atoms with E-state index in [1.165, 1.54) is 5.56 Å². The fourth-order valence-corrected chi connectivity index (χ4v) is 3.32. The van der Waals surface area contributed by atoms with Gasteiger partial charge in [0.15, 0.2) is 0 Å². The highest BCUT2D eigenvalue weighted by Crippen LogP contribution is 2.33. The maximum Gasteiger partial charge on any atom is 0.336 e. The molecule has 0 amide bonds. The summed E-state index contributed by atoms with van der Waals surface area (Å²) in [5, 5.41) is 22.6. The van der Waals surface area contributed by atoms with Gasteiger partial charge in [-0.15, -0.1) is 0 Å². The first-order valence-corrected chi connectivity index (χ1v) is 8.66. The lowest BCUT2D eigenvalue weighted by atomic mass is 9.93. The second-order valence-corrected chi connectivity index (χ2v) is 6.38. The van der Waals surface area contributed by atoms with Crippen molar-refractivity contribution in [1.29, 1.82) is 0 Å². The summed E-state index contributed by atoms with van der Waals surface area (Å²) >= 11 is 0. The number of carboxylic acid groups (broad SMARTS) is 1. The van der Waals surface area contributed by atoms with E-state index in [9.17, 15) is 15.0 Å². The summed E-state index contributed by atoms with van der Waals surface area (Å²) in [5.41, 5.74) is 5.22. The number of fused-ring (bicyclic) bond motifs is 1. The van der Waals surface area contributed by atoms with Crippen LogP contribution in [0.2, 0.25) is 0 Å². The van der Waals surface area contributed by atoms with Crippen LogP contribution in [-0.4, -0.2) is 22.7 Å². The number of rotatable bonds is 2. The largest absolute Gasteiger partial charge is 0.508 e. The lowest BCUT2D eigenvalue weighted by molar-refractivity contribution is 0.0697. The molecule has 0 bridgehead atoms. The average Bonchev–Trinajstić information content (AvgIpc) is 3.13. The molecule has 4 nitrogen and oxygen atoms in total. The van der Waals surface area contributed by atoms with Gasteiger partial charge in [0.05, 0.1) is 5.56 Å². The minimum Gasteiger partial charge on any atom is -0.508 e. The number of aromatic hydroxyl groups is 1. The van der Waals surface area contributed by atoms with Gasteiger partial charge in [0, 0.05) is 28.9 Å². The maximum atomic E-state index is 11.8. The molecule has 1 heterocycles. The van der Waals surface area contributed by atoms with Crippen molar-refractivity contribution < 1.29 is 15.0 Å². The van der Waals surface area contributed by atoms with E-state index in [4.69, 9.17) is 0 Å². The molecule has 0 saturated carbocycles. The van der Waals surface area contributed by atoms with Crippen LogP contribution in [0.4, 0.5) is 5.69 Å². The molecular formula is C23H17NO3. The first-order chi connectivity index (χ1) is 13.1. The highest BCUT2D eigenvalue weighted by atomic mass is 16.4. The predicted octanol–water partition coefficient (Wildman–Crippen LogP) is 4.13. The first-order valence-electron chi connectivity index (χ1n) is 8.66. The Balaban J connectivity index is 1.86. The second-order valence-electron chi connectivity index (χ2n) is 6.38. The zero-order valence-corrected chi connectivity index (χ0v) is 14.5. The third-order valence-electron chi connectivity index (χ3n) is 4.59. The van der Waals surface area contributed by atoms with Crippen molar-refractivity contribution in [1.82, 2.24) is 0 Å². The van der Waals surface area contributed by atoms with E-state index in [0.717, 1.165) is 24.2 Å². The van der Waals surface area contributed by atoms with Gasteiger partial charge < -0.3 is 15.5 Å². The molecule has 0 unspecified atom stereocenters. The normalized spacial score (nSPS) is 11.9. The van der Waals surface area contributed by atoms with Crippen molar-refractivity contribution in [3.05, 3.63) is 82.9 Å². The summed E-state index contributed by atoms with van der Waals surface area (Å²) in [6.45, 7) is 0.892. The highest BCUT2D eigenvalue weighted by Gasteiger charge is 2.17. The molecule has 0 fully saturated rings. The van der Waals surface area contributed by atoms with Crippen LogP contribution in [0, 0.1) is 11.8 Å². The Bertz CT molecular complexity index is 1110. The molecule has 3 aromatic rings. The van der Waals surface area contributed by atoms with Crippen molar-refractivity contribution in [3.63, 3.8) is 0 Å². The summed E-state index contributed by atoms with van der Waals surface area (Å²) in [4.78, 5) is 11.8. The van der Waals surface area contributed by atoms with Gasteiger partial charge in [-0.25, -0.2) is 4.79 Å². The van der Waals surface area contributed by atoms with Crippen LogP contribution in [0.25, 0.3) is 11.1 Å². The summed E-state index contributed by atoms with van der Waals surface area (Å²) in [5.74, 6) is 5.24. The molecule has 1 aliphatic heterocycles. The lowest BCUT2D eigenvalue weighted by Crippen LogP contribution is -2.02. The zero-order chi connectivity index (χ0) is 18.8. The first kappa shape index (κ1) is 16.7. The van der Waals surface area contributed by atoms with Crippen LogP contribution in [0.3, 0.4) is 0 Å². The Kier molecular flexibility index (Phi) is 4.27. The summed E-state index contributed by atoms with van der Waals surface area (Å²) in [7, 11) is 0. The van der Waals surface area contributed by atoms with Crippen LogP contribution < -0.4 is 5.32 Å². The number of carboxylic acids is 1. The predicted molar refractivity (Wildman–Crippen MR) is 105 cm³/mol. The minimum atomic E-state index is -0.987. The topological polar surface area (TPSA) is 69.6 Å². The molecule has 0 spiro atoms. The molecule has 4 rings (SSSR count). The maximum absolute atomic E-state index is 11.8. The zero-order valence-electron chi connectivity index (χ0n) is 14.5. The number of hydrogen-bond donors (Lipinski definition) is 3. The fourth-order valence-electron chi connectivity index (χ4n) is 3.32. The lowest BCUT2D eigenvalue weighted by Gasteiger charge is -2.11. The number of carbonyl (C=O) groups is 1. The van der Waals surface area contributed by atoms with E-state index in [2.05, 4.69) is 17.2 Å². The number of benzene rings is 3. The number of nitrogens with one attached hydrogen (secondary N) is 1. The summed E-state index contributed by atoms with van der Waals surface area (Å²) in [6.07, 6.45) is 0.973. The van der Waals surface area contributed by atoms with Gasteiger partial charge >= 0.3 is 5.97 Å². The van der Waals surface area contributed by atoms with E-state index in [1.54, 1.807) is 36.4 Å². The summed E-state index contributed by atoms with van der Waals surface area (Å²) < 4.78 is 0. The Morgan fingerprint density at radius 2 is 1.85 bits per heavy atom. The number of aromatic carboxylic acids is 1. The van der Waals surface area contributed by atoms with E-state index < -0.39 is 5.97 Å². The SMILES string of the molecule is O=C(O)c1cccc(C#Cc2cccc(O)c2)c1-c1ccc2c(c1)NCC2. The quantitative estimate of drug-likeness (QED) is 0.605. The Morgan fingerprint density at radius 1 is 1.00 bits per heavy atom. The van der Waals surface area contributed by atoms with Crippen LogP contribution >= 0.6 is 0 Å². The second kappa shape index (κ2) is 6.89. The standard InChI is InChI=1S/C23H17NO3/c25-19-5-1-3-15(13-19)7-8-17-4-2-6-20(23(26)27)22(17)18-10-9-16-11-12-24-21(16)14-18/h1-6,9-10,13-14,24-25H,11-12H2,(H,26,27). The van der Waals surface area contributed by atoms with E-state index in [0.29, 0.717) is 16.7 Å². The van der Waals surface area contributed by atoms with Crippen LogP contribution in [0.5, 0.6) is 5.75 Å². The van der Waals surface area contributed by atoms with Crippen LogP contribution in [0.15, 0.2) is 60.7 Å². The van der Waals surface area contributed by atoms with Crippen LogP contribution in [-0.2, 0) is 6.42 Å². The molecular weight excluding hydrogens is 338 g/mol. The smallest absolute Gasteiger partial charge is 0.336 e. The average molecular weight is 355 g/mol. The van der Waals surface area contributed by atoms with Crippen molar-refractivity contribution in [3.8, 4) is 28.7 Å². The monoisotopic (exact) mass is 355 g/mol. The van der Waals surface area contributed by atoms with Crippen molar-refractivity contribution in [2.24, 2.45) is 0 Å². The Hall–Kier alpha value is -3.71. The number of anilines is 1. The fraction of sp³-hybridized carbons (Fsp3) is 0.0870. The molecule has 0 atom stereocenters. The number of phenolic OH excluding ortho intramolecular Hbond substituents is 1. The molecule has 1 aliphatic rings. The third-order valence-corrected chi connectivity index (χ3v) is 4.59. The van der Waals surface area contributed by atoms with E-state index in [-0.39, 0.29) is 11.3 Å². The molecule has 0 aromatic heterocycles. The van der Waals surface area contributed by atoms with Gasteiger partial charge in [-0.3, -0.25) is 0 Å². The number of hydrogen-bond acceptors (Lipinski definition) is 3. The van der Waals surface area contributed by atoms with Gasteiger partial charge in [0.2, 0.25) is 0 Å². The van der Waals surface area contributed by atoms with Gasteiger partial charge in [0.1, 0.15) is 5.75 Å². The molecule has 0 radical (unpaired) electrons. The van der Waals surface area contributed by atoms with E-state index in [1.807, 2.05) is 24.3 Å².